The minimum Gasteiger partial charge on any atom is -0.206 e. The quantitative estimate of drug-likeness (QED) is 0.829. The average molecular weight is 338 g/mol. The van der Waals surface area contributed by atoms with Crippen molar-refractivity contribution in [3.63, 3.8) is 0 Å². The Bertz CT molecular complexity index is 468. The average Bonchev–Trinajstić information content (AvgIpc) is 2.54. The molecule has 1 aromatic rings. The van der Waals surface area contributed by atoms with Crippen molar-refractivity contribution in [3.05, 3.63) is 15.4 Å². The molecule has 0 aromatic carbocycles. The summed E-state index contributed by atoms with van der Waals surface area (Å²) >= 11 is 4.69. The highest BCUT2D eigenvalue weighted by Gasteiger charge is 2.27. The summed E-state index contributed by atoms with van der Waals surface area (Å²) in [6, 6.07) is 1.76. The Morgan fingerprint density at radius 1 is 1.24 bits per heavy atom. The van der Waals surface area contributed by atoms with Crippen LogP contribution in [0.5, 0.6) is 0 Å². The van der Waals surface area contributed by atoms with Gasteiger partial charge in [-0.2, -0.15) is 4.31 Å². The van der Waals surface area contributed by atoms with E-state index in [4.69, 9.17) is 0 Å². The summed E-state index contributed by atoms with van der Waals surface area (Å²) in [7, 11) is -3.27. The van der Waals surface area contributed by atoms with E-state index in [1.807, 2.05) is 6.92 Å². The Morgan fingerprint density at radius 2 is 1.82 bits per heavy atom. The van der Waals surface area contributed by atoms with Crippen LogP contribution in [0.2, 0.25) is 0 Å². The summed E-state index contributed by atoms with van der Waals surface area (Å²) in [6.45, 7) is 3.25. The molecule has 3 nitrogen and oxygen atoms in total. The van der Waals surface area contributed by atoms with Gasteiger partial charge in [0.15, 0.2) is 0 Å². The van der Waals surface area contributed by atoms with Crippen molar-refractivity contribution in [1.29, 1.82) is 0 Å². The van der Waals surface area contributed by atoms with Crippen LogP contribution in [0, 0.1) is 6.92 Å². The van der Waals surface area contributed by atoms with Crippen LogP contribution in [0.1, 0.15) is 31.2 Å². The zero-order valence-electron chi connectivity index (χ0n) is 9.78. The second-order valence-corrected chi connectivity index (χ2v) is 8.88. The van der Waals surface area contributed by atoms with E-state index in [0.717, 1.165) is 35.0 Å². The summed E-state index contributed by atoms with van der Waals surface area (Å²) in [5, 5.41) is 0. The first-order chi connectivity index (χ1) is 8.01. The van der Waals surface area contributed by atoms with Gasteiger partial charge in [0, 0.05) is 13.1 Å². The number of hydrogen-bond acceptors (Lipinski definition) is 3. The van der Waals surface area contributed by atoms with Crippen molar-refractivity contribution in [2.45, 2.75) is 36.8 Å². The van der Waals surface area contributed by atoms with Gasteiger partial charge < -0.3 is 0 Å². The molecule has 0 radical (unpaired) electrons. The summed E-state index contributed by atoms with van der Waals surface area (Å²) in [5.41, 5.74) is 0.989. The Balaban J connectivity index is 2.28. The Morgan fingerprint density at radius 3 is 2.29 bits per heavy atom. The topological polar surface area (TPSA) is 37.4 Å². The fraction of sp³-hybridized carbons (Fsp3) is 0.636. The molecule has 2 rings (SSSR count). The van der Waals surface area contributed by atoms with Gasteiger partial charge in [0.1, 0.15) is 4.21 Å². The van der Waals surface area contributed by atoms with Gasteiger partial charge in [0.05, 0.1) is 3.79 Å². The maximum Gasteiger partial charge on any atom is 0.252 e. The van der Waals surface area contributed by atoms with E-state index in [1.165, 1.54) is 11.3 Å². The Labute approximate surface area is 115 Å². The zero-order valence-corrected chi connectivity index (χ0v) is 13.0. The SMILES string of the molecule is Cc1cc(S(=O)(=O)N2CCCCCC2)sc1Br. The maximum absolute atomic E-state index is 12.4. The molecule has 0 spiro atoms. The van der Waals surface area contributed by atoms with E-state index in [0.29, 0.717) is 17.3 Å². The fourth-order valence-electron chi connectivity index (χ4n) is 1.97. The molecule has 1 aliphatic heterocycles. The molecule has 0 amide bonds. The highest BCUT2D eigenvalue weighted by molar-refractivity contribution is 9.11. The van der Waals surface area contributed by atoms with Gasteiger partial charge in [0.2, 0.25) is 0 Å². The molecule has 96 valence electrons. The van der Waals surface area contributed by atoms with Gasteiger partial charge in [-0.05, 0) is 47.3 Å². The molecule has 0 saturated carbocycles. The molecule has 1 aliphatic rings. The van der Waals surface area contributed by atoms with Gasteiger partial charge in [-0.1, -0.05) is 12.8 Å². The molecule has 0 atom stereocenters. The lowest BCUT2D eigenvalue weighted by atomic mass is 10.2. The van der Waals surface area contributed by atoms with Crippen molar-refractivity contribution in [2.75, 3.05) is 13.1 Å². The summed E-state index contributed by atoms with van der Waals surface area (Å²) in [5.74, 6) is 0. The summed E-state index contributed by atoms with van der Waals surface area (Å²) < 4.78 is 27.8. The monoisotopic (exact) mass is 337 g/mol. The van der Waals surface area contributed by atoms with Crippen LogP contribution in [0.3, 0.4) is 0 Å². The van der Waals surface area contributed by atoms with Crippen molar-refractivity contribution in [2.24, 2.45) is 0 Å². The normalized spacial score (nSPS) is 19.2. The minimum atomic E-state index is -3.27. The van der Waals surface area contributed by atoms with Crippen LogP contribution in [0.25, 0.3) is 0 Å². The Hall–Kier alpha value is 0.0900. The lowest BCUT2D eigenvalue weighted by Gasteiger charge is -2.18. The molecule has 17 heavy (non-hydrogen) atoms. The van der Waals surface area contributed by atoms with Crippen molar-refractivity contribution in [3.8, 4) is 0 Å². The largest absolute Gasteiger partial charge is 0.252 e. The third-order valence-corrected chi connectivity index (χ3v) is 7.48. The molecular weight excluding hydrogens is 322 g/mol. The smallest absolute Gasteiger partial charge is 0.206 e. The lowest BCUT2D eigenvalue weighted by Crippen LogP contribution is -2.31. The van der Waals surface area contributed by atoms with Gasteiger partial charge in [-0.25, -0.2) is 8.42 Å². The summed E-state index contributed by atoms with van der Waals surface area (Å²) in [6.07, 6.45) is 4.23. The predicted molar refractivity (Wildman–Crippen MR) is 74.0 cm³/mol. The summed E-state index contributed by atoms with van der Waals surface area (Å²) in [4.78, 5) is 0. The van der Waals surface area contributed by atoms with Crippen molar-refractivity contribution in [1.82, 2.24) is 4.31 Å². The van der Waals surface area contributed by atoms with Crippen molar-refractivity contribution >= 4 is 37.3 Å². The van der Waals surface area contributed by atoms with Crippen LogP contribution < -0.4 is 0 Å². The number of nitrogens with zero attached hydrogens (tertiary/aromatic N) is 1. The van der Waals surface area contributed by atoms with E-state index in [1.54, 1.807) is 10.4 Å². The molecule has 2 heterocycles. The van der Waals surface area contributed by atoms with Crippen LogP contribution in [0.15, 0.2) is 14.1 Å². The van der Waals surface area contributed by atoms with Crippen LogP contribution in [-0.2, 0) is 10.0 Å². The molecule has 0 N–H and O–H groups in total. The zero-order chi connectivity index (χ0) is 12.5. The predicted octanol–water partition coefficient (Wildman–Crippen LogP) is 3.38. The van der Waals surface area contributed by atoms with Crippen molar-refractivity contribution < 1.29 is 8.42 Å². The van der Waals surface area contributed by atoms with E-state index in [9.17, 15) is 8.42 Å². The number of thiophene rings is 1. The second kappa shape index (κ2) is 5.38. The standard InChI is InChI=1S/C11H16BrNO2S2/c1-9-8-10(16-11(9)12)17(14,15)13-6-4-2-3-5-7-13/h8H,2-7H2,1H3. The molecule has 1 saturated heterocycles. The molecule has 0 unspecified atom stereocenters. The maximum atomic E-state index is 12.4. The number of aryl methyl sites for hydroxylation is 1. The number of rotatable bonds is 2. The second-order valence-electron chi connectivity index (χ2n) is 4.34. The first kappa shape index (κ1) is 13.5. The van der Waals surface area contributed by atoms with Crippen LogP contribution in [-0.4, -0.2) is 25.8 Å². The molecule has 6 heteroatoms. The van der Waals surface area contributed by atoms with Crippen LogP contribution in [0.4, 0.5) is 0 Å². The molecule has 0 bridgehead atoms. The van der Waals surface area contributed by atoms with E-state index in [-0.39, 0.29) is 0 Å². The third kappa shape index (κ3) is 2.92. The van der Waals surface area contributed by atoms with Gasteiger partial charge in [0.25, 0.3) is 10.0 Å². The van der Waals surface area contributed by atoms with Gasteiger partial charge in [-0.3, -0.25) is 0 Å². The highest BCUT2D eigenvalue weighted by Crippen LogP contribution is 2.32. The van der Waals surface area contributed by atoms with E-state index in [2.05, 4.69) is 15.9 Å². The molecule has 1 aromatic heterocycles. The fourth-order valence-corrected chi connectivity index (χ4v) is 5.87. The molecule has 1 fully saturated rings. The van der Waals surface area contributed by atoms with Gasteiger partial charge in [-0.15, -0.1) is 11.3 Å². The number of hydrogen-bond donors (Lipinski definition) is 0. The number of sulfonamides is 1. The third-order valence-electron chi connectivity index (χ3n) is 2.99. The first-order valence-corrected chi connectivity index (χ1v) is 8.83. The van der Waals surface area contributed by atoms with Crippen LogP contribution >= 0.6 is 27.3 Å². The minimum absolute atomic E-state index is 0.462. The van der Waals surface area contributed by atoms with Gasteiger partial charge >= 0.3 is 0 Å². The van der Waals surface area contributed by atoms with E-state index < -0.39 is 10.0 Å². The van der Waals surface area contributed by atoms with E-state index >= 15 is 0 Å². The first-order valence-electron chi connectivity index (χ1n) is 5.78. The molecule has 0 aliphatic carbocycles. The highest BCUT2D eigenvalue weighted by atomic mass is 79.9. The lowest BCUT2D eigenvalue weighted by molar-refractivity contribution is 0.425. The molecular formula is C11H16BrNO2S2. The Kier molecular flexibility index (Phi) is 4.28. The number of halogens is 1.